The Balaban J connectivity index is 0.00000144. The lowest BCUT2D eigenvalue weighted by atomic mass is 10.1. The summed E-state index contributed by atoms with van der Waals surface area (Å²) >= 11 is 0. The van der Waals surface area contributed by atoms with Gasteiger partial charge in [-0.15, -0.1) is 12.4 Å². The molecule has 0 aromatic carbocycles. The SMILES string of the molecule is CC(C)Cn1cc(OCC2CCNC2)cn1.Cl. The minimum Gasteiger partial charge on any atom is -0.490 e. The Kier molecular flexibility index (Phi) is 5.78. The van der Waals surface area contributed by atoms with Gasteiger partial charge in [-0.2, -0.15) is 5.10 Å². The number of aromatic nitrogens is 2. The summed E-state index contributed by atoms with van der Waals surface area (Å²) in [6.45, 7) is 8.34. The van der Waals surface area contributed by atoms with Crippen molar-refractivity contribution in [2.75, 3.05) is 19.7 Å². The summed E-state index contributed by atoms with van der Waals surface area (Å²) in [6.07, 6.45) is 5.02. The van der Waals surface area contributed by atoms with Gasteiger partial charge in [0.05, 0.1) is 19.0 Å². The molecule has 98 valence electrons. The van der Waals surface area contributed by atoms with Crippen molar-refractivity contribution < 1.29 is 4.74 Å². The van der Waals surface area contributed by atoms with E-state index < -0.39 is 0 Å². The molecule has 0 bridgehead atoms. The van der Waals surface area contributed by atoms with Crippen LogP contribution in [0.3, 0.4) is 0 Å². The number of ether oxygens (including phenoxy) is 1. The summed E-state index contributed by atoms with van der Waals surface area (Å²) in [5.74, 6) is 2.17. The molecule has 4 nitrogen and oxygen atoms in total. The van der Waals surface area contributed by atoms with E-state index in [0.717, 1.165) is 32.0 Å². The number of nitrogens with zero attached hydrogens (tertiary/aromatic N) is 2. The van der Waals surface area contributed by atoms with E-state index in [1.54, 1.807) is 0 Å². The van der Waals surface area contributed by atoms with Crippen LogP contribution in [0.2, 0.25) is 0 Å². The van der Waals surface area contributed by atoms with Crippen LogP contribution in [0.25, 0.3) is 0 Å². The van der Waals surface area contributed by atoms with E-state index in [4.69, 9.17) is 4.74 Å². The van der Waals surface area contributed by atoms with Gasteiger partial charge in [-0.3, -0.25) is 4.68 Å². The number of hydrogen-bond donors (Lipinski definition) is 1. The molecule has 1 saturated heterocycles. The van der Waals surface area contributed by atoms with E-state index in [0.29, 0.717) is 11.8 Å². The molecule has 17 heavy (non-hydrogen) atoms. The van der Waals surface area contributed by atoms with Gasteiger partial charge < -0.3 is 10.1 Å². The van der Waals surface area contributed by atoms with Crippen molar-refractivity contribution in [3.05, 3.63) is 12.4 Å². The Morgan fingerprint density at radius 2 is 2.41 bits per heavy atom. The van der Waals surface area contributed by atoms with Crippen LogP contribution in [0.1, 0.15) is 20.3 Å². The van der Waals surface area contributed by atoms with Gasteiger partial charge in [0.2, 0.25) is 0 Å². The minimum atomic E-state index is 0. The predicted octanol–water partition coefficient (Wildman–Crippen LogP) is 1.95. The van der Waals surface area contributed by atoms with Crippen LogP contribution in [0.15, 0.2) is 12.4 Å². The molecule has 0 saturated carbocycles. The Labute approximate surface area is 109 Å². The second-order valence-electron chi connectivity index (χ2n) is 4.96. The van der Waals surface area contributed by atoms with Gasteiger partial charge >= 0.3 is 0 Å². The first kappa shape index (κ1) is 14.3. The van der Waals surface area contributed by atoms with Crippen LogP contribution < -0.4 is 10.1 Å². The van der Waals surface area contributed by atoms with Crippen molar-refractivity contribution in [3.63, 3.8) is 0 Å². The summed E-state index contributed by atoms with van der Waals surface area (Å²) in [7, 11) is 0. The largest absolute Gasteiger partial charge is 0.490 e. The topological polar surface area (TPSA) is 39.1 Å². The standard InChI is InChI=1S/C12H21N3O.ClH/c1-10(2)7-15-8-12(6-14-15)16-9-11-3-4-13-5-11;/h6,8,10-11,13H,3-5,7,9H2,1-2H3;1H. The number of nitrogens with one attached hydrogen (secondary N) is 1. The molecular formula is C12H22ClN3O. The number of rotatable bonds is 5. The molecule has 0 spiro atoms. The van der Waals surface area contributed by atoms with Crippen LogP contribution in [0.5, 0.6) is 5.75 Å². The lowest BCUT2D eigenvalue weighted by molar-refractivity contribution is 0.259. The fourth-order valence-corrected chi connectivity index (χ4v) is 1.96. The first-order valence-electron chi connectivity index (χ1n) is 6.10. The summed E-state index contributed by atoms with van der Waals surface area (Å²) in [4.78, 5) is 0. The highest BCUT2D eigenvalue weighted by Crippen LogP contribution is 2.13. The highest BCUT2D eigenvalue weighted by atomic mass is 35.5. The molecule has 1 N–H and O–H groups in total. The average Bonchev–Trinajstić information content (AvgIpc) is 2.84. The third-order valence-corrected chi connectivity index (χ3v) is 2.81. The van der Waals surface area contributed by atoms with Crippen molar-refractivity contribution in [2.45, 2.75) is 26.8 Å². The molecule has 5 heteroatoms. The molecule has 0 amide bonds. The highest BCUT2D eigenvalue weighted by molar-refractivity contribution is 5.85. The summed E-state index contributed by atoms with van der Waals surface area (Å²) in [5.41, 5.74) is 0. The Morgan fingerprint density at radius 3 is 3.06 bits per heavy atom. The molecule has 0 radical (unpaired) electrons. The smallest absolute Gasteiger partial charge is 0.157 e. The zero-order valence-electron chi connectivity index (χ0n) is 10.6. The molecule has 2 heterocycles. The normalized spacial score (nSPS) is 19.4. The Hall–Kier alpha value is -0.740. The molecule has 1 aromatic rings. The second kappa shape index (κ2) is 6.87. The monoisotopic (exact) mass is 259 g/mol. The fourth-order valence-electron chi connectivity index (χ4n) is 1.96. The first-order valence-corrected chi connectivity index (χ1v) is 6.10. The first-order chi connectivity index (χ1) is 7.74. The van der Waals surface area contributed by atoms with Crippen molar-refractivity contribution >= 4 is 12.4 Å². The van der Waals surface area contributed by atoms with E-state index in [1.165, 1.54) is 6.42 Å². The van der Waals surface area contributed by atoms with Crippen molar-refractivity contribution in [1.82, 2.24) is 15.1 Å². The van der Waals surface area contributed by atoms with Crippen LogP contribution in [0, 0.1) is 11.8 Å². The highest BCUT2D eigenvalue weighted by Gasteiger charge is 2.15. The lowest BCUT2D eigenvalue weighted by Crippen LogP contribution is -2.15. The predicted molar refractivity (Wildman–Crippen MR) is 70.8 cm³/mol. The molecular weight excluding hydrogens is 238 g/mol. The van der Waals surface area contributed by atoms with Gasteiger partial charge in [-0.1, -0.05) is 13.8 Å². The van der Waals surface area contributed by atoms with Crippen molar-refractivity contribution in [2.24, 2.45) is 11.8 Å². The van der Waals surface area contributed by atoms with Gasteiger partial charge in [0.15, 0.2) is 5.75 Å². The minimum absolute atomic E-state index is 0. The van der Waals surface area contributed by atoms with E-state index in [9.17, 15) is 0 Å². The number of hydrogen-bond acceptors (Lipinski definition) is 3. The average molecular weight is 260 g/mol. The van der Waals surface area contributed by atoms with E-state index in [2.05, 4.69) is 24.3 Å². The van der Waals surface area contributed by atoms with Gasteiger partial charge in [-0.05, 0) is 18.9 Å². The fraction of sp³-hybridized carbons (Fsp3) is 0.750. The molecule has 1 aromatic heterocycles. The molecule has 2 rings (SSSR count). The third-order valence-electron chi connectivity index (χ3n) is 2.81. The third kappa shape index (κ3) is 4.56. The van der Waals surface area contributed by atoms with Gasteiger partial charge in [-0.25, -0.2) is 0 Å². The number of halogens is 1. The Bertz CT molecular complexity index is 321. The van der Waals surface area contributed by atoms with Crippen LogP contribution in [-0.4, -0.2) is 29.5 Å². The molecule has 1 aliphatic rings. The van der Waals surface area contributed by atoms with E-state index in [1.807, 2.05) is 17.1 Å². The van der Waals surface area contributed by atoms with Crippen LogP contribution in [-0.2, 0) is 6.54 Å². The quantitative estimate of drug-likeness (QED) is 0.879. The molecule has 0 aliphatic carbocycles. The van der Waals surface area contributed by atoms with Crippen molar-refractivity contribution in [3.8, 4) is 5.75 Å². The Morgan fingerprint density at radius 1 is 1.59 bits per heavy atom. The van der Waals surface area contributed by atoms with Crippen LogP contribution in [0.4, 0.5) is 0 Å². The molecule has 1 atom stereocenters. The van der Waals surface area contributed by atoms with Crippen LogP contribution >= 0.6 is 12.4 Å². The molecule has 1 fully saturated rings. The summed E-state index contributed by atoms with van der Waals surface area (Å²) < 4.78 is 7.68. The maximum Gasteiger partial charge on any atom is 0.157 e. The zero-order chi connectivity index (χ0) is 11.4. The molecule has 1 aliphatic heterocycles. The maximum absolute atomic E-state index is 5.73. The summed E-state index contributed by atoms with van der Waals surface area (Å²) in [6, 6.07) is 0. The zero-order valence-corrected chi connectivity index (χ0v) is 11.4. The maximum atomic E-state index is 5.73. The van der Waals surface area contributed by atoms with Gasteiger partial charge in [0.25, 0.3) is 0 Å². The summed E-state index contributed by atoms with van der Waals surface area (Å²) in [5, 5.41) is 7.62. The van der Waals surface area contributed by atoms with Gasteiger partial charge in [0.1, 0.15) is 0 Å². The van der Waals surface area contributed by atoms with E-state index in [-0.39, 0.29) is 12.4 Å². The van der Waals surface area contributed by atoms with Crippen molar-refractivity contribution in [1.29, 1.82) is 0 Å². The molecule has 1 unspecified atom stereocenters. The van der Waals surface area contributed by atoms with E-state index >= 15 is 0 Å². The van der Waals surface area contributed by atoms with Gasteiger partial charge in [0, 0.05) is 19.0 Å². The second-order valence-corrected chi connectivity index (χ2v) is 4.96. The lowest BCUT2D eigenvalue weighted by Gasteiger charge is -2.08.